The Kier molecular flexibility index (Phi) is 3.02. The molecule has 5 heteroatoms. The molecule has 21 heavy (non-hydrogen) atoms. The first-order chi connectivity index (χ1) is 10.1. The molecule has 0 aromatic heterocycles. The molecule has 1 N–H and O–H groups in total. The molecule has 0 saturated heterocycles. The van der Waals surface area contributed by atoms with E-state index in [0.29, 0.717) is 11.1 Å². The van der Waals surface area contributed by atoms with Crippen LogP contribution in [0.4, 0.5) is 5.69 Å². The summed E-state index contributed by atoms with van der Waals surface area (Å²) < 4.78 is 0. The Labute approximate surface area is 121 Å². The van der Waals surface area contributed by atoms with Crippen LogP contribution in [0.25, 0.3) is 5.70 Å². The molecular formula is C16H12N2O3. The monoisotopic (exact) mass is 280 g/mol. The van der Waals surface area contributed by atoms with Gasteiger partial charge in [-0.1, -0.05) is 42.5 Å². The lowest BCUT2D eigenvalue weighted by atomic mass is 10.1. The number of hydrogen-bond acceptors (Lipinski definition) is 4. The molecule has 104 valence electrons. The average molecular weight is 280 g/mol. The molecule has 2 aromatic rings. The summed E-state index contributed by atoms with van der Waals surface area (Å²) in [5.41, 5.74) is 2.48. The van der Waals surface area contributed by atoms with Crippen molar-refractivity contribution in [1.29, 1.82) is 0 Å². The Morgan fingerprint density at radius 1 is 1.00 bits per heavy atom. The summed E-state index contributed by atoms with van der Waals surface area (Å²) in [6, 6.07) is 14.2. The molecule has 0 spiro atoms. The molecule has 2 aromatic carbocycles. The van der Waals surface area contributed by atoms with Crippen LogP contribution in [0.1, 0.15) is 21.5 Å². The van der Waals surface area contributed by atoms with Crippen molar-refractivity contribution in [3.8, 4) is 0 Å². The minimum Gasteiger partial charge on any atom is -0.349 e. The molecule has 0 unspecified atom stereocenters. The van der Waals surface area contributed by atoms with Crippen LogP contribution in [0, 0.1) is 17.0 Å². The van der Waals surface area contributed by atoms with E-state index in [1.165, 1.54) is 0 Å². The van der Waals surface area contributed by atoms with Crippen molar-refractivity contribution in [2.45, 2.75) is 6.92 Å². The van der Waals surface area contributed by atoms with Crippen LogP contribution >= 0.6 is 0 Å². The van der Waals surface area contributed by atoms with Crippen LogP contribution in [-0.4, -0.2) is 10.7 Å². The van der Waals surface area contributed by atoms with Gasteiger partial charge in [-0.3, -0.25) is 14.9 Å². The zero-order valence-corrected chi connectivity index (χ0v) is 11.3. The number of rotatable bonds is 3. The van der Waals surface area contributed by atoms with Crippen LogP contribution in [-0.2, 0) is 0 Å². The lowest BCUT2D eigenvalue weighted by Crippen LogP contribution is -2.10. The molecule has 0 amide bonds. The zero-order chi connectivity index (χ0) is 15.0. The van der Waals surface area contributed by atoms with Crippen LogP contribution in [0.5, 0.6) is 0 Å². The predicted octanol–water partition coefficient (Wildman–Crippen LogP) is 3.25. The highest BCUT2D eigenvalue weighted by molar-refractivity contribution is 6.20. The zero-order valence-electron chi connectivity index (χ0n) is 11.3. The van der Waals surface area contributed by atoms with Crippen molar-refractivity contribution in [2.24, 2.45) is 0 Å². The third-order valence-corrected chi connectivity index (χ3v) is 3.48. The van der Waals surface area contributed by atoms with Gasteiger partial charge in [-0.2, -0.15) is 0 Å². The second kappa shape index (κ2) is 4.86. The molecule has 0 saturated carbocycles. The van der Waals surface area contributed by atoms with Gasteiger partial charge in [0, 0.05) is 16.8 Å². The first-order valence-corrected chi connectivity index (χ1v) is 6.45. The smallest absolute Gasteiger partial charge is 0.340 e. The van der Waals surface area contributed by atoms with Gasteiger partial charge in [-0.25, -0.2) is 0 Å². The number of carbonyl (C=O) groups is 1. The van der Waals surface area contributed by atoms with Gasteiger partial charge in [0.1, 0.15) is 5.70 Å². The van der Waals surface area contributed by atoms with E-state index in [0.717, 1.165) is 11.3 Å². The lowest BCUT2D eigenvalue weighted by Gasteiger charge is -2.10. The number of fused-ring (bicyclic) bond motifs is 1. The number of nitrogens with one attached hydrogen (secondary N) is 1. The van der Waals surface area contributed by atoms with Gasteiger partial charge in [0.15, 0.2) is 0 Å². The first-order valence-electron chi connectivity index (χ1n) is 6.45. The van der Waals surface area contributed by atoms with Crippen molar-refractivity contribution in [3.05, 3.63) is 81.0 Å². The molecule has 0 heterocycles. The quantitative estimate of drug-likeness (QED) is 0.692. The van der Waals surface area contributed by atoms with Crippen LogP contribution < -0.4 is 5.32 Å². The first kappa shape index (κ1) is 13.1. The van der Waals surface area contributed by atoms with Gasteiger partial charge in [0.05, 0.1) is 4.92 Å². The van der Waals surface area contributed by atoms with Crippen molar-refractivity contribution in [3.63, 3.8) is 0 Å². The summed E-state index contributed by atoms with van der Waals surface area (Å²) in [7, 11) is 0. The fourth-order valence-corrected chi connectivity index (χ4v) is 2.42. The number of benzene rings is 2. The topological polar surface area (TPSA) is 72.2 Å². The van der Waals surface area contributed by atoms with E-state index < -0.39 is 16.4 Å². The van der Waals surface area contributed by atoms with Crippen molar-refractivity contribution >= 4 is 17.2 Å². The van der Waals surface area contributed by atoms with E-state index in [-0.39, 0.29) is 5.70 Å². The second-order valence-electron chi connectivity index (χ2n) is 4.80. The van der Waals surface area contributed by atoms with E-state index in [1.807, 2.05) is 31.2 Å². The Bertz CT molecular complexity index is 794. The highest BCUT2D eigenvalue weighted by Gasteiger charge is 2.38. The molecule has 1 aliphatic carbocycles. The summed E-state index contributed by atoms with van der Waals surface area (Å²) in [6.07, 6.45) is 0. The maximum atomic E-state index is 12.2. The van der Waals surface area contributed by atoms with Gasteiger partial charge >= 0.3 is 5.70 Å². The average Bonchev–Trinajstić information content (AvgIpc) is 2.75. The molecule has 5 nitrogen and oxygen atoms in total. The van der Waals surface area contributed by atoms with Gasteiger partial charge in [0.2, 0.25) is 0 Å². The van der Waals surface area contributed by atoms with Gasteiger partial charge in [0.25, 0.3) is 5.78 Å². The van der Waals surface area contributed by atoms with Gasteiger partial charge in [-0.15, -0.1) is 0 Å². The lowest BCUT2D eigenvalue weighted by molar-refractivity contribution is -0.415. The summed E-state index contributed by atoms with van der Waals surface area (Å²) in [5.74, 6) is -0.549. The van der Waals surface area contributed by atoms with Crippen LogP contribution in [0.15, 0.2) is 54.2 Å². The van der Waals surface area contributed by atoms with Crippen molar-refractivity contribution < 1.29 is 9.72 Å². The number of hydrogen-bond donors (Lipinski definition) is 1. The number of nitro groups is 1. The molecular weight excluding hydrogens is 268 g/mol. The number of anilines is 1. The van der Waals surface area contributed by atoms with Gasteiger partial charge in [-0.05, 0) is 18.6 Å². The third-order valence-electron chi connectivity index (χ3n) is 3.48. The number of carbonyl (C=O) groups excluding carboxylic acids is 1. The SMILES string of the molecule is Cc1ccccc1NC1=C([N+](=O)[O-])C(=O)c2ccccc21. The van der Waals surface area contributed by atoms with E-state index in [9.17, 15) is 14.9 Å². The number of para-hydroxylation sites is 1. The maximum Gasteiger partial charge on any atom is 0.340 e. The Balaban J connectivity index is 2.15. The third kappa shape index (κ3) is 2.08. The number of ketones is 1. The normalized spacial score (nSPS) is 13.3. The largest absolute Gasteiger partial charge is 0.349 e. The van der Waals surface area contributed by atoms with E-state index >= 15 is 0 Å². The Morgan fingerprint density at radius 3 is 2.29 bits per heavy atom. The molecule has 0 bridgehead atoms. The highest BCUT2D eigenvalue weighted by Crippen LogP contribution is 2.34. The fraction of sp³-hybridized carbons (Fsp3) is 0.0625. The van der Waals surface area contributed by atoms with Gasteiger partial charge < -0.3 is 5.32 Å². The summed E-state index contributed by atoms with van der Waals surface area (Å²) in [6.45, 7) is 1.90. The fourth-order valence-electron chi connectivity index (χ4n) is 2.42. The van der Waals surface area contributed by atoms with Crippen molar-refractivity contribution in [2.75, 3.05) is 5.32 Å². The maximum absolute atomic E-state index is 12.2. The summed E-state index contributed by atoms with van der Waals surface area (Å²) >= 11 is 0. The number of aryl methyl sites for hydroxylation is 1. The van der Waals surface area contributed by atoms with Crippen LogP contribution in [0.2, 0.25) is 0 Å². The minimum atomic E-state index is -0.622. The predicted molar refractivity (Wildman–Crippen MR) is 79.5 cm³/mol. The summed E-state index contributed by atoms with van der Waals surface area (Å²) in [4.78, 5) is 22.8. The van der Waals surface area contributed by atoms with Crippen molar-refractivity contribution in [1.82, 2.24) is 0 Å². The van der Waals surface area contributed by atoms with Crippen LogP contribution in [0.3, 0.4) is 0 Å². The number of allylic oxidation sites excluding steroid dienone is 1. The summed E-state index contributed by atoms with van der Waals surface area (Å²) in [5, 5.41) is 14.3. The number of nitrogens with zero attached hydrogens (tertiary/aromatic N) is 1. The van der Waals surface area contributed by atoms with E-state index in [1.54, 1.807) is 24.3 Å². The number of Topliss-reactive ketones (excluding diaryl/α,β-unsaturated/α-hetero) is 1. The standard InChI is InChI=1S/C16H12N2O3/c1-10-6-2-5-9-13(10)17-14-11-7-3-4-8-12(11)16(19)15(14)18(20)21/h2-9,17H,1H3. The molecule has 3 rings (SSSR count). The molecule has 0 aliphatic heterocycles. The van der Waals surface area contributed by atoms with E-state index in [4.69, 9.17) is 0 Å². The second-order valence-corrected chi connectivity index (χ2v) is 4.80. The Hall–Kier alpha value is -2.95. The Morgan fingerprint density at radius 2 is 1.62 bits per heavy atom. The molecule has 0 fully saturated rings. The molecule has 1 aliphatic rings. The highest BCUT2D eigenvalue weighted by atomic mass is 16.6. The molecule has 0 atom stereocenters. The molecule has 0 radical (unpaired) electrons. The van der Waals surface area contributed by atoms with E-state index in [2.05, 4.69) is 5.32 Å². The minimum absolute atomic E-state index is 0.259.